The molecule has 1 atom stereocenters. The number of pyridine rings is 1. The van der Waals surface area contributed by atoms with Crippen LogP contribution in [0.25, 0.3) is 21.8 Å². The number of aromatic amines is 2. The summed E-state index contributed by atoms with van der Waals surface area (Å²) in [5.74, 6) is 0.0157. The van der Waals surface area contributed by atoms with Crippen LogP contribution in [0.1, 0.15) is 17.2 Å². The third kappa shape index (κ3) is 3.75. The van der Waals surface area contributed by atoms with Crippen molar-refractivity contribution in [1.29, 1.82) is 0 Å². The van der Waals surface area contributed by atoms with Gasteiger partial charge < -0.3 is 25.5 Å². The number of aliphatic hydroxyl groups excluding tert-OH is 1. The minimum Gasteiger partial charge on any atom is -0.506 e. The van der Waals surface area contributed by atoms with Gasteiger partial charge in [0.05, 0.1) is 18.2 Å². The van der Waals surface area contributed by atoms with Gasteiger partial charge in [-0.2, -0.15) is 0 Å². The Kier molecular flexibility index (Phi) is 6.04. The number of para-hydroxylation sites is 1. The van der Waals surface area contributed by atoms with Gasteiger partial charge in [0.15, 0.2) is 0 Å². The molecule has 0 amide bonds. The van der Waals surface area contributed by atoms with E-state index in [9.17, 15) is 15.0 Å². The van der Waals surface area contributed by atoms with Crippen molar-refractivity contribution in [2.45, 2.75) is 12.5 Å². The maximum atomic E-state index is 11.6. The van der Waals surface area contributed by atoms with Crippen molar-refractivity contribution in [3.8, 4) is 5.75 Å². The van der Waals surface area contributed by atoms with Crippen LogP contribution in [-0.4, -0.2) is 33.3 Å². The number of nitrogens with one attached hydrogen (secondary N) is 3. The fourth-order valence-corrected chi connectivity index (χ4v) is 3.56. The normalized spacial score (nSPS) is 12.2. The molecule has 2 heterocycles. The van der Waals surface area contributed by atoms with E-state index in [4.69, 9.17) is 0 Å². The standard InChI is InChI=1S/C21H21N3O3.ClH/c25-12-18(15-5-7-19(26)21-16(15)6-8-20(27)24-21)22-10-9-13-11-23-17-4-2-1-3-14(13)17;/h1-8,11,18,22-23,25-26H,9-10,12H2,(H,24,27);1H. The number of phenolic OH excluding ortho intramolecular Hbond substituents is 1. The van der Waals surface area contributed by atoms with Crippen molar-refractivity contribution < 1.29 is 10.2 Å². The summed E-state index contributed by atoms with van der Waals surface area (Å²) in [4.78, 5) is 17.5. The molecule has 4 aromatic rings. The minimum atomic E-state index is -0.302. The molecule has 28 heavy (non-hydrogen) atoms. The molecule has 6 nitrogen and oxygen atoms in total. The molecule has 0 radical (unpaired) electrons. The van der Waals surface area contributed by atoms with E-state index in [2.05, 4.69) is 21.4 Å². The predicted molar refractivity (Wildman–Crippen MR) is 113 cm³/mol. The highest BCUT2D eigenvalue weighted by atomic mass is 35.5. The molecule has 0 aliphatic rings. The van der Waals surface area contributed by atoms with Gasteiger partial charge in [-0.05, 0) is 42.3 Å². The van der Waals surface area contributed by atoms with Crippen molar-refractivity contribution >= 4 is 34.2 Å². The largest absolute Gasteiger partial charge is 0.506 e. The summed E-state index contributed by atoms with van der Waals surface area (Å²) in [6.45, 7) is 0.589. The van der Waals surface area contributed by atoms with Crippen molar-refractivity contribution in [3.63, 3.8) is 0 Å². The summed E-state index contributed by atoms with van der Waals surface area (Å²) in [7, 11) is 0. The smallest absolute Gasteiger partial charge is 0.248 e. The second kappa shape index (κ2) is 8.48. The van der Waals surface area contributed by atoms with E-state index in [-0.39, 0.29) is 36.4 Å². The van der Waals surface area contributed by atoms with Gasteiger partial charge in [0.25, 0.3) is 0 Å². The highest BCUT2D eigenvalue weighted by Gasteiger charge is 2.15. The number of hydrogen-bond acceptors (Lipinski definition) is 4. The van der Waals surface area contributed by atoms with Crippen molar-refractivity contribution in [3.05, 3.63) is 76.2 Å². The SMILES string of the molecule is Cl.O=c1ccc2c(C(CO)NCCc3c[nH]c4ccccc34)ccc(O)c2[nH]1. The van der Waals surface area contributed by atoms with E-state index in [1.165, 1.54) is 23.1 Å². The van der Waals surface area contributed by atoms with Crippen LogP contribution in [0.2, 0.25) is 0 Å². The van der Waals surface area contributed by atoms with E-state index >= 15 is 0 Å². The van der Waals surface area contributed by atoms with Crippen LogP contribution >= 0.6 is 12.4 Å². The number of halogens is 1. The molecule has 0 aliphatic carbocycles. The predicted octanol–water partition coefficient (Wildman–Crippen LogP) is 3.00. The van der Waals surface area contributed by atoms with Crippen LogP contribution in [0.5, 0.6) is 5.75 Å². The lowest BCUT2D eigenvalue weighted by Gasteiger charge is -2.19. The van der Waals surface area contributed by atoms with Crippen molar-refractivity contribution in [2.24, 2.45) is 0 Å². The number of phenols is 1. The zero-order chi connectivity index (χ0) is 18.8. The first-order chi connectivity index (χ1) is 13.2. The second-order valence-electron chi connectivity index (χ2n) is 6.58. The van der Waals surface area contributed by atoms with E-state index in [0.717, 1.165) is 17.5 Å². The summed E-state index contributed by atoms with van der Waals surface area (Å²) in [5, 5.41) is 25.2. The lowest BCUT2D eigenvalue weighted by molar-refractivity contribution is 0.246. The summed E-state index contributed by atoms with van der Waals surface area (Å²) in [6.07, 6.45) is 2.83. The number of aromatic nitrogens is 2. The molecule has 0 aliphatic heterocycles. The molecule has 0 fully saturated rings. The average Bonchev–Trinajstić information content (AvgIpc) is 3.10. The molecule has 4 rings (SSSR count). The number of fused-ring (bicyclic) bond motifs is 2. The first-order valence-corrected chi connectivity index (χ1v) is 8.91. The van der Waals surface area contributed by atoms with Crippen LogP contribution < -0.4 is 10.9 Å². The summed E-state index contributed by atoms with van der Waals surface area (Å²) in [6, 6.07) is 14.3. The van der Waals surface area contributed by atoms with Gasteiger partial charge in [0.2, 0.25) is 5.56 Å². The Morgan fingerprint density at radius 1 is 1.04 bits per heavy atom. The molecular formula is C21H22ClN3O3. The van der Waals surface area contributed by atoms with Crippen molar-refractivity contribution in [2.75, 3.05) is 13.2 Å². The Morgan fingerprint density at radius 2 is 1.86 bits per heavy atom. The number of aliphatic hydroxyl groups is 1. The average molecular weight is 400 g/mol. The summed E-state index contributed by atoms with van der Waals surface area (Å²) >= 11 is 0. The van der Waals surface area contributed by atoms with E-state index < -0.39 is 0 Å². The van der Waals surface area contributed by atoms with Gasteiger partial charge in [0, 0.05) is 28.6 Å². The molecule has 5 N–H and O–H groups in total. The number of benzene rings is 2. The van der Waals surface area contributed by atoms with Crippen LogP contribution in [0.15, 0.2) is 59.5 Å². The summed E-state index contributed by atoms with van der Waals surface area (Å²) in [5.41, 5.74) is 3.27. The van der Waals surface area contributed by atoms with E-state index in [1.54, 1.807) is 12.1 Å². The van der Waals surface area contributed by atoms with Gasteiger partial charge in [-0.25, -0.2) is 0 Å². The molecule has 2 aromatic heterocycles. The second-order valence-corrected chi connectivity index (χ2v) is 6.58. The first-order valence-electron chi connectivity index (χ1n) is 8.91. The third-order valence-electron chi connectivity index (χ3n) is 4.92. The van der Waals surface area contributed by atoms with Gasteiger partial charge in [0.1, 0.15) is 5.75 Å². The van der Waals surface area contributed by atoms with Crippen LogP contribution in [0.4, 0.5) is 0 Å². The fraction of sp³-hybridized carbons (Fsp3) is 0.190. The van der Waals surface area contributed by atoms with Gasteiger partial charge >= 0.3 is 0 Å². The molecule has 0 bridgehead atoms. The Hall–Kier alpha value is -2.80. The lowest BCUT2D eigenvalue weighted by atomic mass is 10.0. The maximum absolute atomic E-state index is 11.6. The Bertz CT molecular complexity index is 1150. The molecule has 0 saturated carbocycles. The first kappa shape index (κ1) is 19.9. The fourth-order valence-electron chi connectivity index (χ4n) is 3.56. The minimum absolute atomic E-state index is 0. The van der Waals surface area contributed by atoms with Gasteiger partial charge in [-0.1, -0.05) is 24.3 Å². The van der Waals surface area contributed by atoms with E-state index in [1.807, 2.05) is 24.4 Å². The Labute approximate surface area is 167 Å². The van der Waals surface area contributed by atoms with E-state index in [0.29, 0.717) is 17.4 Å². The van der Waals surface area contributed by atoms with Gasteiger partial charge in [-0.15, -0.1) is 12.4 Å². The highest BCUT2D eigenvalue weighted by Crippen LogP contribution is 2.28. The third-order valence-corrected chi connectivity index (χ3v) is 4.92. The van der Waals surface area contributed by atoms with Crippen LogP contribution in [0.3, 0.4) is 0 Å². The summed E-state index contributed by atoms with van der Waals surface area (Å²) < 4.78 is 0. The molecule has 0 spiro atoms. The number of hydrogen-bond donors (Lipinski definition) is 5. The molecular weight excluding hydrogens is 378 g/mol. The maximum Gasteiger partial charge on any atom is 0.248 e. The number of rotatable bonds is 6. The highest BCUT2D eigenvalue weighted by molar-refractivity contribution is 5.87. The number of aromatic hydroxyl groups is 1. The molecule has 146 valence electrons. The molecule has 1 unspecified atom stereocenters. The van der Waals surface area contributed by atoms with Crippen LogP contribution in [-0.2, 0) is 6.42 Å². The lowest BCUT2D eigenvalue weighted by Crippen LogP contribution is -2.26. The topological polar surface area (TPSA) is 101 Å². The molecule has 0 saturated heterocycles. The monoisotopic (exact) mass is 399 g/mol. The Balaban J connectivity index is 0.00000225. The van der Waals surface area contributed by atoms with Gasteiger partial charge in [-0.3, -0.25) is 4.79 Å². The van der Waals surface area contributed by atoms with Crippen LogP contribution in [0, 0.1) is 0 Å². The van der Waals surface area contributed by atoms with Crippen molar-refractivity contribution in [1.82, 2.24) is 15.3 Å². The molecule has 2 aromatic carbocycles. The zero-order valence-corrected chi connectivity index (χ0v) is 15.9. The number of H-pyrrole nitrogens is 2. The Morgan fingerprint density at radius 3 is 2.68 bits per heavy atom. The zero-order valence-electron chi connectivity index (χ0n) is 15.1. The quantitative estimate of drug-likeness (QED) is 0.344. The molecule has 7 heteroatoms.